The second-order valence-electron chi connectivity index (χ2n) is 4.53. The first-order valence-corrected chi connectivity index (χ1v) is 7.82. The maximum Gasteiger partial charge on any atom is 0.0488 e. The number of aromatic nitrogens is 1. The molecule has 20 heavy (non-hydrogen) atoms. The van der Waals surface area contributed by atoms with Gasteiger partial charge in [0.2, 0.25) is 0 Å². The van der Waals surface area contributed by atoms with Gasteiger partial charge < -0.3 is 5.32 Å². The van der Waals surface area contributed by atoms with Gasteiger partial charge in [-0.25, -0.2) is 0 Å². The Morgan fingerprint density at radius 2 is 1.85 bits per heavy atom. The smallest absolute Gasteiger partial charge is 0.0488 e. The monoisotopic (exact) mass is 390 g/mol. The number of benzene rings is 2. The molecule has 3 rings (SSSR count). The zero-order valence-corrected chi connectivity index (χ0v) is 13.8. The minimum atomic E-state index is 0.790. The van der Waals surface area contributed by atoms with Gasteiger partial charge >= 0.3 is 0 Å². The minimum Gasteiger partial charge on any atom is -0.380 e. The third kappa shape index (κ3) is 3.02. The van der Waals surface area contributed by atoms with E-state index in [-0.39, 0.29) is 0 Å². The molecule has 0 saturated carbocycles. The number of fused-ring (bicyclic) bond motifs is 1. The van der Waals surface area contributed by atoms with Crippen LogP contribution in [0, 0.1) is 0 Å². The van der Waals surface area contributed by atoms with E-state index >= 15 is 0 Å². The van der Waals surface area contributed by atoms with E-state index in [0.29, 0.717) is 0 Å². The molecular weight excluding hydrogens is 380 g/mol. The fourth-order valence-corrected chi connectivity index (χ4v) is 3.26. The number of hydrogen-bond donors (Lipinski definition) is 1. The van der Waals surface area contributed by atoms with Crippen molar-refractivity contribution < 1.29 is 0 Å². The summed E-state index contributed by atoms with van der Waals surface area (Å²) in [5.74, 6) is 0. The van der Waals surface area contributed by atoms with Crippen LogP contribution in [-0.2, 0) is 6.54 Å². The van der Waals surface area contributed by atoms with Gasteiger partial charge in [-0.3, -0.25) is 4.98 Å². The molecule has 0 atom stereocenters. The summed E-state index contributed by atoms with van der Waals surface area (Å²) in [5, 5.41) is 5.82. The molecule has 0 aliphatic heterocycles. The first-order valence-electron chi connectivity index (χ1n) is 6.24. The van der Waals surface area contributed by atoms with E-state index in [1.165, 1.54) is 16.3 Å². The van der Waals surface area contributed by atoms with Crippen LogP contribution in [0.1, 0.15) is 5.56 Å². The average Bonchev–Trinajstić information content (AvgIpc) is 2.46. The van der Waals surface area contributed by atoms with Crippen LogP contribution in [0.15, 0.2) is 63.8 Å². The first-order chi connectivity index (χ1) is 9.72. The Labute approximate surface area is 134 Å². The molecule has 2 aromatic carbocycles. The number of halogens is 2. The SMILES string of the molecule is Brc1ccc(NCc2ccc3cnccc3c2)c(Br)c1. The van der Waals surface area contributed by atoms with Gasteiger partial charge in [0.15, 0.2) is 0 Å². The van der Waals surface area contributed by atoms with Crippen molar-refractivity contribution in [2.24, 2.45) is 0 Å². The van der Waals surface area contributed by atoms with Gasteiger partial charge in [0, 0.05) is 39.0 Å². The Morgan fingerprint density at radius 1 is 0.950 bits per heavy atom. The standard InChI is InChI=1S/C16H12Br2N2/c17-14-3-4-16(15(18)8-14)20-9-11-1-2-13-10-19-6-5-12(13)7-11/h1-8,10,20H,9H2. The van der Waals surface area contributed by atoms with Gasteiger partial charge in [0.1, 0.15) is 0 Å². The quantitative estimate of drug-likeness (QED) is 0.648. The highest BCUT2D eigenvalue weighted by Gasteiger charge is 2.01. The van der Waals surface area contributed by atoms with Crippen molar-refractivity contribution in [3.05, 3.63) is 69.4 Å². The summed E-state index contributed by atoms with van der Waals surface area (Å²) in [4.78, 5) is 4.13. The molecule has 0 radical (unpaired) electrons. The molecule has 0 spiro atoms. The maximum atomic E-state index is 4.13. The summed E-state index contributed by atoms with van der Waals surface area (Å²) in [7, 11) is 0. The summed E-state index contributed by atoms with van der Waals surface area (Å²) in [6.45, 7) is 0.790. The number of nitrogens with one attached hydrogen (secondary N) is 1. The van der Waals surface area contributed by atoms with E-state index in [4.69, 9.17) is 0 Å². The van der Waals surface area contributed by atoms with Crippen LogP contribution in [0.25, 0.3) is 10.8 Å². The zero-order chi connectivity index (χ0) is 13.9. The zero-order valence-electron chi connectivity index (χ0n) is 10.6. The lowest BCUT2D eigenvalue weighted by atomic mass is 10.1. The highest BCUT2D eigenvalue weighted by atomic mass is 79.9. The Hall–Kier alpha value is -1.39. The highest BCUT2D eigenvalue weighted by Crippen LogP contribution is 2.26. The highest BCUT2D eigenvalue weighted by molar-refractivity contribution is 9.11. The van der Waals surface area contributed by atoms with Crippen LogP contribution >= 0.6 is 31.9 Å². The predicted octanol–water partition coefficient (Wildman–Crippen LogP) is 5.37. The summed E-state index contributed by atoms with van der Waals surface area (Å²) in [5.41, 5.74) is 2.33. The lowest BCUT2D eigenvalue weighted by Crippen LogP contribution is -2.00. The third-order valence-electron chi connectivity index (χ3n) is 3.12. The lowest BCUT2D eigenvalue weighted by molar-refractivity contribution is 1.15. The average molecular weight is 392 g/mol. The van der Waals surface area contributed by atoms with Crippen LogP contribution < -0.4 is 5.32 Å². The van der Waals surface area contributed by atoms with Crippen molar-refractivity contribution in [1.29, 1.82) is 0 Å². The van der Waals surface area contributed by atoms with Gasteiger partial charge in [-0.15, -0.1) is 0 Å². The number of hydrogen-bond acceptors (Lipinski definition) is 2. The summed E-state index contributed by atoms with van der Waals surface area (Å²) < 4.78 is 2.12. The van der Waals surface area contributed by atoms with E-state index in [1.807, 2.05) is 30.6 Å². The normalized spacial score (nSPS) is 10.7. The molecule has 0 amide bonds. The van der Waals surface area contributed by atoms with Crippen molar-refractivity contribution in [1.82, 2.24) is 4.98 Å². The minimum absolute atomic E-state index is 0.790. The van der Waals surface area contributed by atoms with Crippen LogP contribution in [-0.4, -0.2) is 4.98 Å². The molecule has 1 heterocycles. The Balaban J connectivity index is 1.79. The first kappa shape index (κ1) is 13.6. The molecule has 0 bridgehead atoms. The molecule has 0 unspecified atom stereocenters. The summed E-state index contributed by atoms with van der Waals surface area (Å²) in [6, 6.07) is 14.6. The maximum absolute atomic E-state index is 4.13. The van der Waals surface area contributed by atoms with Crippen molar-refractivity contribution in [3.8, 4) is 0 Å². The van der Waals surface area contributed by atoms with Crippen molar-refractivity contribution in [3.63, 3.8) is 0 Å². The Bertz CT molecular complexity index is 756. The van der Waals surface area contributed by atoms with Crippen molar-refractivity contribution >= 4 is 48.3 Å². The van der Waals surface area contributed by atoms with Gasteiger partial charge in [0.05, 0.1) is 0 Å². The van der Waals surface area contributed by atoms with Crippen molar-refractivity contribution in [2.75, 3.05) is 5.32 Å². The fourth-order valence-electron chi connectivity index (χ4n) is 2.07. The Morgan fingerprint density at radius 3 is 2.70 bits per heavy atom. The summed E-state index contributed by atoms with van der Waals surface area (Å²) >= 11 is 7.02. The van der Waals surface area contributed by atoms with Crippen LogP contribution in [0.4, 0.5) is 5.69 Å². The molecule has 1 N–H and O–H groups in total. The van der Waals surface area contributed by atoms with Crippen LogP contribution in [0.2, 0.25) is 0 Å². The number of pyridine rings is 1. The number of nitrogens with zero attached hydrogens (tertiary/aromatic N) is 1. The molecule has 0 fully saturated rings. The van der Waals surface area contributed by atoms with E-state index in [0.717, 1.165) is 21.2 Å². The molecule has 3 aromatic rings. The van der Waals surface area contributed by atoms with Crippen molar-refractivity contribution in [2.45, 2.75) is 6.54 Å². The number of anilines is 1. The van der Waals surface area contributed by atoms with Gasteiger partial charge in [-0.1, -0.05) is 28.1 Å². The summed E-state index contributed by atoms with van der Waals surface area (Å²) in [6.07, 6.45) is 3.71. The molecule has 0 saturated heterocycles. The predicted molar refractivity (Wildman–Crippen MR) is 90.9 cm³/mol. The van der Waals surface area contributed by atoms with Gasteiger partial charge in [-0.2, -0.15) is 0 Å². The lowest BCUT2D eigenvalue weighted by Gasteiger charge is -2.09. The largest absolute Gasteiger partial charge is 0.380 e. The molecule has 4 heteroatoms. The topological polar surface area (TPSA) is 24.9 Å². The van der Waals surface area contributed by atoms with E-state index in [9.17, 15) is 0 Å². The van der Waals surface area contributed by atoms with Gasteiger partial charge in [-0.05, 0) is 57.2 Å². The molecular formula is C16H12Br2N2. The molecule has 100 valence electrons. The van der Waals surface area contributed by atoms with E-state index < -0.39 is 0 Å². The van der Waals surface area contributed by atoms with Crippen LogP contribution in [0.3, 0.4) is 0 Å². The van der Waals surface area contributed by atoms with Gasteiger partial charge in [0.25, 0.3) is 0 Å². The van der Waals surface area contributed by atoms with Crippen LogP contribution in [0.5, 0.6) is 0 Å². The Kier molecular flexibility index (Phi) is 4.03. The van der Waals surface area contributed by atoms with E-state index in [1.54, 1.807) is 0 Å². The molecule has 1 aromatic heterocycles. The second-order valence-corrected chi connectivity index (χ2v) is 6.30. The fraction of sp³-hybridized carbons (Fsp3) is 0.0625. The number of rotatable bonds is 3. The molecule has 0 aliphatic carbocycles. The molecule has 0 aliphatic rings. The molecule has 2 nitrogen and oxygen atoms in total. The van der Waals surface area contributed by atoms with E-state index in [2.05, 4.69) is 66.4 Å². The second kappa shape index (κ2) is 5.94. The third-order valence-corrected chi connectivity index (χ3v) is 4.27.